The molecule has 0 atom stereocenters. The fourth-order valence-corrected chi connectivity index (χ4v) is 2.94. The van der Waals surface area contributed by atoms with E-state index < -0.39 is 0 Å². The Morgan fingerprint density at radius 2 is 2.25 bits per heavy atom. The van der Waals surface area contributed by atoms with Crippen molar-refractivity contribution in [1.29, 1.82) is 0 Å². The number of aliphatic hydroxyl groups excluding tert-OH is 1. The molecule has 2 rings (SSSR count). The van der Waals surface area contributed by atoms with Crippen LogP contribution in [-0.2, 0) is 6.54 Å². The summed E-state index contributed by atoms with van der Waals surface area (Å²) in [6.07, 6.45) is 1.76. The van der Waals surface area contributed by atoms with Gasteiger partial charge in [0.2, 0.25) is 0 Å². The third-order valence-electron chi connectivity index (χ3n) is 3.50. The summed E-state index contributed by atoms with van der Waals surface area (Å²) in [5, 5.41) is 14.9. The molecule has 6 nitrogen and oxygen atoms in total. The smallest absolute Gasteiger partial charge is 0.317 e. The van der Waals surface area contributed by atoms with Crippen molar-refractivity contribution in [2.24, 2.45) is 5.92 Å². The molecule has 0 unspecified atom stereocenters. The van der Waals surface area contributed by atoms with E-state index in [2.05, 4.69) is 10.3 Å². The van der Waals surface area contributed by atoms with Gasteiger partial charge in [-0.25, -0.2) is 9.78 Å². The molecule has 20 heavy (non-hydrogen) atoms. The zero-order chi connectivity index (χ0) is 14.5. The molecule has 0 bridgehead atoms. The first-order valence-electron chi connectivity index (χ1n) is 6.85. The summed E-state index contributed by atoms with van der Waals surface area (Å²) in [6.45, 7) is 2.12. The number of nitrogens with zero attached hydrogens (tertiary/aromatic N) is 3. The summed E-state index contributed by atoms with van der Waals surface area (Å²) in [4.78, 5) is 20.2. The van der Waals surface area contributed by atoms with Crippen LogP contribution in [0.5, 0.6) is 0 Å². The number of carbonyl (C=O) groups is 1. The van der Waals surface area contributed by atoms with Gasteiger partial charge in [0, 0.05) is 39.2 Å². The van der Waals surface area contributed by atoms with Gasteiger partial charge in [-0.05, 0) is 18.8 Å². The third-order valence-corrected chi connectivity index (χ3v) is 4.56. The minimum absolute atomic E-state index is 0.0409. The standard InChI is InChI=1S/C13H22N4O2S/c1-16(2)13-15-11(9-20-13)7-14-12(19)17-5-3-10(8-18)4-6-17/h9-10,18H,3-8H2,1-2H3,(H,14,19). The van der Waals surface area contributed by atoms with Gasteiger partial charge in [0.15, 0.2) is 5.13 Å². The van der Waals surface area contributed by atoms with E-state index in [-0.39, 0.29) is 12.6 Å². The van der Waals surface area contributed by atoms with Crippen molar-refractivity contribution in [3.63, 3.8) is 0 Å². The average molecular weight is 298 g/mol. The Labute approximate surface area is 123 Å². The topological polar surface area (TPSA) is 68.7 Å². The molecule has 1 aliphatic rings. The number of aliphatic hydroxyl groups is 1. The summed E-state index contributed by atoms with van der Waals surface area (Å²) in [5.74, 6) is 0.347. The summed E-state index contributed by atoms with van der Waals surface area (Å²) >= 11 is 1.57. The van der Waals surface area contributed by atoms with E-state index in [0.29, 0.717) is 12.5 Å². The summed E-state index contributed by atoms with van der Waals surface area (Å²) in [5.41, 5.74) is 0.886. The van der Waals surface area contributed by atoms with E-state index in [9.17, 15) is 4.79 Å². The highest BCUT2D eigenvalue weighted by Gasteiger charge is 2.22. The number of urea groups is 1. The molecule has 0 saturated carbocycles. The first-order chi connectivity index (χ1) is 9.60. The Bertz CT molecular complexity index is 441. The molecule has 7 heteroatoms. The van der Waals surface area contributed by atoms with Crippen LogP contribution >= 0.6 is 11.3 Å². The maximum absolute atomic E-state index is 12.0. The third kappa shape index (κ3) is 3.83. The molecule has 1 aliphatic heterocycles. The Morgan fingerprint density at radius 1 is 1.55 bits per heavy atom. The largest absolute Gasteiger partial charge is 0.396 e. The van der Waals surface area contributed by atoms with E-state index in [0.717, 1.165) is 36.8 Å². The van der Waals surface area contributed by atoms with Crippen molar-refractivity contribution in [2.75, 3.05) is 38.7 Å². The zero-order valence-corrected chi connectivity index (χ0v) is 12.8. The van der Waals surface area contributed by atoms with Gasteiger partial charge in [-0.1, -0.05) is 0 Å². The summed E-state index contributed by atoms with van der Waals surface area (Å²) < 4.78 is 0. The van der Waals surface area contributed by atoms with Crippen LogP contribution in [0.2, 0.25) is 0 Å². The summed E-state index contributed by atoms with van der Waals surface area (Å²) in [6, 6.07) is -0.0409. The lowest BCUT2D eigenvalue weighted by Gasteiger charge is -2.31. The molecule has 2 amide bonds. The molecule has 1 fully saturated rings. The molecule has 2 N–H and O–H groups in total. The number of hydrogen-bond donors (Lipinski definition) is 2. The normalized spacial score (nSPS) is 16.2. The highest BCUT2D eigenvalue weighted by atomic mass is 32.1. The second-order valence-electron chi connectivity index (χ2n) is 5.29. The van der Waals surface area contributed by atoms with Crippen LogP contribution < -0.4 is 10.2 Å². The van der Waals surface area contributed by atoms with Crippen LogP contribution in [0.4, 0.5) is 9.93 Å². The number of likely N-dealkylation sites (tertiary alicyclic amines) is 1. The number of aromatic nitrogens is 1. The van der Waals surface area contributed by atoms with E-state index in [1.165, 1.54) is 0 Å². The number of hydrogen-bond acceptors (Lipinski definition) is 5. The van der Waals surface area contributed by atoms with Gasteiger partial charge in [0.1, 0.15) is 0 Å². The van der Waals surface area contributed by atoms with Crippen molar-refractivity contribution in [3.8, 4) is 0 Å². The second-order valence-corrected chi connectivity index (χ2v) is 6.12. The lowest BCUT2D eigenvalue weighted by Crippen LogP contribution is -2.44. The molecule has 2 heterocycles. The molecular formula is C13H22N4O2S. The van der Waals surface area contributed by atoms with Crippen LogP contribution in [0.15, 0.2) is 5.38 Å². The maximum atomic E-state index is 12.0. The molecule has 0 spiro atoms. The van der Waals surface area contributed by atoms with E-state index in [4.69, 9.17) is 5.11 Å². The van der Waals surface area contributed by atoms with Gasteiger partial charge >= 0.3 is 6.03 Å². The molecule has 0 radical (unpaired) electrons. The highest BCUT2D eigenvalue weighted by Crippen LogP contribution is 2.18. The number of amides is 2. The van der Waals surface area contributed by atoms with Gasteiger partial charge in [0.05, 0.1) is 12.2 Å². The van der Waals surface area contributed by atoms with Crippen molar-refractivity contribution in [1.82, 2.24) is 15.2 Å². The summed E-state index contributed by atoms with van der Waals surface area (Å²) in [7, 11) is 3.90. The fraction of sp³-hybridized carbons (Fsp3) is 0.692. The Morgan fingerprint density at radius 3 is 2.80 bits per heavy atom. The minimum atomic E-state index is -0.0409. The van der Waals surface area contributed by atoms with Gasteiger partial charge in [0.25, 0.3) is 0 Å². The van der Waals surface area contributed by atoms with E-state index in [1.54, 1.807) is 11.3 Å². The molecule has 1 saturated heterocycles. The molecule has 112 valence electrons. The lowest BCUT2D eigenvalue weighted by atomic mass is 9.98. The Hall–Kier alpha value is -1.34. The van der Waals surface area contributed by atoms with Gasteiger partial charge < -0.3 is 20.2 Å². The SMILES string of the molecule is CN(C)c1nc(CNC(=O)N2CCC(CO)CC2)cs1. The average Bonchev–Trinajstić information content (AvgIpc) is 2.94. The molecular weight excluding hydrogens is 276 g/mol. The van der Waals surface area contributed by atoms with Gasteiger partial charge in [-0.3, -0.25) is 0 Å². The molecule has 0 aromatic carbocycles. The monoisotopic (exact) mass is 298 g/mol. The van der Waals surface area contributed by atoms with Crippen molar-refractivity contribution in [3.05, 3.63) is 11.1 Å². The van der Waals surface area contributed by atoms with Crippen molar-refractivity contribution in [2.45, 2.75) is 19.4 Å². The Kier molecular flexibility index (Phi) is 5.19. The molecule has 0 aliphatic carbocycles. The van der Waals surface area contributed by atoms with Crippen molar-refractivity contribution < 1.29 is 9.90 Å². The highest BCUT2D eigenvalue weighted by molar-refractivity contribution is 7.13. The van der Waals surface area contributed by atoms with Gasteiger partial charge in [-0.2, -0.15) is 0 Å². The first kappa shape index (κ1) is 15.1. The minimum Gasteiger partial charge on any atom is -0.396 e. The predicted molar refractivity (Wildman–Crippen MR) is 80.1 cm³/mol. The van der Waals surface area contributed by atoms with Crippen LogP contribution in [0.1, 0.15) is 18.5 Å². The Balaban J connectivity index is 1.77. The van der Waals surface area contributed by atoms with Crippen LogP contribution in [0.3, 0.4) is 0 Å². The van der Waals surface area contributed by atoms with Crippen LogP contribution in [0.25, 0.3) is 0 Å². The van der Waals surface area contributed by atoms with Crippen LogP contribution in [0, 0.1) is 5.92 Å². The van der Waals surface area contributed by atoms with Crippen molar-refractivity contribution >= 4 is 22.5 Å². The number of rotatable bonds is 4. The second kappa shape index (κ2) is 6.90. The zero-order valence-electron chi connectivity index (χ0n) is 12.0. The number of carbonyl (C=O) groups excluding carboxylic acids is 1. The quantitative estimate of drug-likeness (QED) is 0.874. The van der Waals surface area contributed by atoms with Gasteiger partial charge in [-0.15, -0.1) is 11.3 Å². The van der Waals surface area contributed by atoms with E-state index in [1.807, 2.05) is 29.3 Å². The number of piperidine rings is 1. The molecule has 1 aromatic rings. The maximum Gasteiger partial charge on any atom is 0.317 e. The van der Waals surface area contributed by atoms with E-state index >= 15 is 0 Å². The fourth-order valence-electron chi connectivity index (χ4n) is 2.18. The first-order valence-corrected chi connectivity index (χ1v) is 7.73. The number of anilines is 1. The number of thiazole rings is 1. The molecule has 1 aromatic heterocycles. The predicted octanol–water partition coefficient (Wildman–Crippen LogP) is 1.12. The number of nitrogens with one attached hydrogen (secondary N) is 1. The lowest BCUT2D eigenvalue weighted by molar-refractivity contribution is 0.137. The van der Waals surface area contributed by atoms with Crippen LogP contribution in [-0.4, -0.2) is 54.8 Å².